The second-order valence-corrected chi connectivity index (χ2v) is 5.48. The Morgan fingerprint density at radius 2 is 1.92 bits per heavy atom. The highest BCUT2D eigenvalue weighted by molar-refractivity contribution is 9.10. The van der Waals surface area contributed by atoms with Gasteiger partial charge in [0.2, 0.25) is 5.60 Å². The van der Waals surface area contributed by atoms with Crippen molar-refractivity contribution in [3.63, 3.8) is 0 Å². The molecule has 0 saturated carbocycles. The van der Waals surface area contributed by atoms with Crippen LogP contribution in [0.5, 0.6) is 0 Å². The Morgan fingerprint density at radius 3 is 2.42 bits per heavy atom. The minimum Gasteiger partial charge on any atom is -0.464 e. The fourth-order valence-corrected chi connectivity index (χ4v) is 2.34. The normalized spacial score (nSPS) is 14.4. The van der Waals surface area contributed by atoms with Crippen molar-refractivity contribution in [2.75, 3.05) is 13.2 Å². The van der Waals surface area contributed by atoms with Crippen LogP contribution in [-0.4, -0.2) is 46.4 Å². The van der Waals surface area contributed by atoms with E-state index in [4.69, 9.17) is 4.74 Å². The fraction of sp³-hybridized carbons (Fsp3) is 0.429. The lowest BCUT2D eigenvalue weighted by Gasteiger charge is -2.29. The van der Waals surface area contributed by atoms with Crippen LogP contribution in [0.3, 0.4) is 0 Å². The van der Waals surface area contributed by atoms with E-state index < -0.39 is 39.8 Å². The van der Waals surface area contributed by atoms with Crippen LogP contribution in [0.25, 0.3) is 0 Å². The zero-order valence-electron chi connectivity index (χ0n) is 12.9. The van der Waals surface area contributed by atoms with Gasteiger partial charge in [-0.3, -0.25) is 10.1 Å². The molecule has 0 aliphatic rings. The maximum atomic E-state index is 12.2. The number of hydrogen-bond acceptors (Lipinski definition) is 8. The molecular formula is C14H16BrNO8. The molecule has 1 rings (SSSR count). The Bertz CT molecular complexity index is 650. The lowest BCUT2D eigenvalue weighted by Crippen LogP contribution is -2.52. The largest absolute Gasteiger partial charge is 0.464 e. The number of benzene rings is 1. The van der Waals surface area contributed by atoms with Crippen LogP contribution in [0.2, 0.25) is 0 Å². The highest BCUT2D eigenvalue weighted by Crippen LogP contribution is 2.36. The van der Waals surface area contributed by atoms with Crippen LogP contribution < -0.4 is 0 Å². The van der Waals surface area contributed by atoms with Gasteiger partial charge in [-0.15, -0.1) is 0 Å². The highest BCUT2D eigenvalue weighted by atomic mass is 79.9. The summed E-state index contributed by atoms with van der Waals surface area (Å²) in [5, 5.41) is 32.1. The molecule has 0 aliphatic heterocycles. The molecule has 24 heavy (non-hydrogen) atoms. The quantitative estimate of drug-likeness (QED) is 0.389. The summed E-state index contributed by atoms with van der Waals surface area (Å²) in [7, 11) is 0. The van der Waals surface area contributed by atoms with Crippen molar-refractivity contribution in [1.82, 2.24) is 0 Å². The monoisotopic (exact) mass is 405 g/mol. The smallest absolute Gasteiger partial charge is 0.346 e. The number of ether oxygens (including phenoxy) is 2. The lowest BCUT2D eigenvalue weighted by atomic mass is 9.86. The zero-order valence-corrected chi connectivity index (χ0v) is 14.5. The first-order valence-corrected chi connectivity index (χ1v) is 7.68. The number of esters is 2. The predicted molar refractivity (Wildman–Crippen MR) is 84.0 cm³/mol. The number of nitro benzene ring substituents is 1. The minimum atomic E-state index is -3.01. The number of hydrogen-bond donors (Lipinski definition) is 2. The molecule has 0 bridgehead atoms. The molecule has 0 saturated heterocycles. The molecular weight excluding hydrogens is 390 g/mol. The van der Waals surface area contributed by atoms with Crippen molar-refractivity contribution in [2.45, 2.75) is 25.6 Å². The van der Waals surface area contributed by atoms with Crippen molar-refractivity contribution in [1.29, 1.82) is 0 Å². The van der Waals surface area contributed by atoms with Gasteiger partial charge in [0, 0.05) is 10.5 Å². The molecule has 0 aliphatic carbocycles. The van der Waals surface area contributed by atoms with E-state index in [1.807, 2.05) is 0 Å². The van der Waals surface area contributed by atoms with Gasteiger partial charge in [0.25, 0.3) is 5.69 Å². The van der Waals surface area contributed by atoms with Gasteiger partial charge in [-0.25, -0.2) is 9.59 Å². The molecule has 2 atom stereocenters. The van der Waals surface area contributed by atoms with Crippen LogP contribution in [0.1, 0.15) is 19.4 Å². The van der Waals surface area contributed by atoms with E-state index in [0.29, 0.717) is 0 Å². The first-order chi connectivity index (χ1) is 11.2. The fourth-order valence-electron chi connectivity index (χ4n) is 1.97. The summed E-state index contributed by atoms with van der Waals surface area (Å²) in [4.78, 5) is 34.4. The lowest BCUT2D eigenvalue weighted by molar-refractivity contribution is -0.386. The summed E-state index contributed by atoms with van der Waals surface area (Å²) in [5.74, 6) is -2.73. The van der Waals surface area contributed by atoms with Gasteiger partial charge in [0.05, 0.1) is 23.7 Å². The summed E-state index contributed by atoms with van der Waals surface area (Å²) in [6.45, 7) is 2.58. The highest BCUT2D eigenvalue weighted by Gasteiger charge is 2.54. The third-order valence-corrected chi connectivity index (χ3v) is 3.55. The average molecular weight is 406 g/mol. The summed E-state index contributed by atoms with van der Waals surface area (Å²) in [6.07, 6.45) is -2.41. The van der Waals surface area contributed by atoms with E-state index in [1.165, 1.54) is 19.9 Å². The molecule has 2 N–H and O–H groups in total. The van der Waals surface area contributed by atoms with Crippen molar-refractivity contribution >= 4 is 33.6 Å². The van der Waals surface area contributed by atoms with E-state index in [-0.39, 0.29) is 17.7 Å². The number of halogens is 1. The van der Waals surface area contributed by atoms with Crippen molar-refractivity contribution < 1.29 is 34.2 Å². The van der Waals surface area contributed by atoms with Crippen LogP contribution in [-0.2, 0) is 24.7 Å². The van der Waals surface area contributed by atoms with Gasteiger partial charge >= 0.3 is 11.9 Å². The molecule has 10 heteroatoms. The standard InChI is InChI=1S/C14H16BrNO8/c1-3-23-12(18)11(17)14(20,13(19)24-4-2)9-7-8(15)5-6-10(9)16(21)22/h5-7,11,17,20H,3-4H2,1-2H3. The molecule has 0 fully saturated rings. The van der Waals surface area contributed by atoms with E-state index in [9.17, 15) is 29.9 Å². The first-order valence-electron chi connectivity index (χ1n) is 6.88. The van der Waals surface area contributed by atoms with E-state index in [1.54, 1.807) is 0 Å². The summed E-state index contributed by atoms with van der Waals surface area (Å²) >= 11 is 3.06. The third kappa shape index (κ3) is 3.89. The van der Waals surface area contributed by atoms with Crippen LogP contribution in [0.15, 0.2) is 22.7 Å². The maximum absolute atomic E-state index is 12.2. The van der Waals surface area contributed by atoms with Crippen LogP contribution in [0, 0.1) is 10.1 Å². The summed E-state index contributed by atoms with van der Waals surface area (Å²) in [6, 6.07) is 3.38. The van der Waals surface area contributed by atoms with Crippen molar-refractivity contribution in [2.24, 2.45) is 0 Å². The van der Waals surface area contributed by atoms with E-state index in [0.717, 1.165) is 12.1 Å². The second kappa shape index (κ2) is 8.18. The summed E-state index contributed by atoms with van der Waals surface area (Å²) < 4.78 is 9.56. The van der Waals surface area contributed by atoms with Gasteiger partial charge in [0.1, 0.15) is 0 Å². The Hall–Kier alpha value is -2.04. The minimum absolute atomic E-state index is 0.130. The van der Waals surface area contributed by atoms with Gasteiger partial charge in [-0.1, -0.05) is 15.9 Å². The number of aliphatic hydroxyl groups excluding tert-OH is 1. The van der Waals surface area contributed by atoms with Crippen molar-refractivity contribution in [3.05, 3.63) is 38.3 Å². The number of rotatable bonds is 7. The summed E-state index contributed by atoms with van der Waals surface area (Å²) in [5.41, 5.74) is -4.27. The Morgan fingerprint density at radius 1 is 1.33 bits per heavy atom. The third-order valence-electron chi connectivity index (χ3n) is 3.06. The molecule has 0 aromatic heterocycles. The molecule has 2 unspecified atom stereocenters. The molecule has 132 valence electrons. The molecule has 0 heterocycles. The molecule has 0 radical (unpaired) electrons. The molecule has 1 aromatic rings. The Labute approximate surface area is 145 Å². The average Bonchev–Trinajstić information content (AvgIpc) is 2.53. The number of carbonyl (C=O) groups excluding carboxylic acids is 2. The van der Waals surface area contributed by atoms with Crippen LogP contribution in [0.4, 0.5) is 5.69 Å². The SMILES string of the molecule is CCOC(=O)C(O)C(O)(C(=O)OCC)c1cc(Br)ccc1[N+](=O)[O-]. The number of carbonyl (C=O) groups is 2. The van der Waals surface area contributed by atoms with E-state index in [2.05, 4.69) is 20.7 Å². The van der Waals surface area contributed by atoms with Gasteiger partial charge in [0.15, 0.2) is 6.10 Å². The molecule has 1 aromatic carbocycles. The van der Waals surface area contributed by atoms with Crippen molar-refractivity contribution in [3.8, 4) is 0 Å². The predicted octanol–water partition coefficient (Wildman–Crippen LogP) is 1.03. The Kier molecular flexibility index (Phi) is 6.81. The first kappa shape index (κ1) is 20.0. The van der Waals surface area contributed by atoms with Gasteiger partial charge < -0.3 is 19.7 Å². The molecule has 0 spiro atoms. The Balaban J connectivity index is 3.60. The van der Waals surface area contributed by atoms with Crippen LogP contribution >= 0.6 is 15.9 Å². The molecule has 9 nitrogen and oxygen atoms in total. The second-order valence-electron chi connectivity index (χ2n) is 4.56. The number of nitrogens with zero attached hydrogens (tertiary/aromatic N) is 1. The van der Waals surface area contributed by atoms with E-state index >= 15 is 0 Å². The topological polar surface area (TPSA) is 136 Å². The van der Waals surface area contributed by atoms with Gasteiger partial charge in [-0.2, -0.15) is 0 Å². The number of aliphatic hydroxyl groups is 2. The maximum Gasteiger partial charge on any atom is 0.346 e. The van der Waals surface area contributed by atoms with Gasteiger partial charge in [-0.05, 0) is 26.0 Å². The zero-order chi connectivity index (χ0) is 18.5. The number of nitro groups is 1. The molecule has 0 amide bonds.